The summed E-state index contributed by atoms with van der Waals surface area (Å²) in [7, 11) is 0. The minimum absolute atomic E-state index is 0.0253. The van der Waals surface area contributed by atoms with Gasteiger partial charge in [-0.2, -0.15) is 0 Å². The van der Waals surface area contributed by atoms with Crippen LogP contribution in [0.5, 0.6) is 0 Å². The van der Waals surface area contributed by atoms with Crippen molar-refractivity contribution in [1.29, 1.82) is 0 Å². The summed E-state index contributed by atoms with van der Waals surface area (Å²) in [6, 6.07) is 21.0. The lowest BCUT2D eigenvalue weighted by atomic mass is 9.83. The number of para-hydroxylation sites is 1. The van der Waals surface area contributed by atoms with Gasteiger partial charge >= 0.3 is 0 Å². The van der Waals surface area contributed by atoms with Crippen molar-refractivity contribution in [3.63, 3.8) is 0 Å². The predicted octanol–water partition coefficient (Wildman–Crippen LogP) is 12.6. The van der Waals surface area contributed by atoms with Crippen molar-refractivity contribution in [2.45, 2.75) is 0 Å². The Morgan fingerprint density at radius 3 is 1.56 bits per heavy atom. The number of rotatable bonds is 4. The summed E-state index contributed by atoms with van der Waals surface area (Å²) in [6.45, 7) is 0. The van der Waals surface area contributed by atoms with Gasteiger partial charge < -0.3 is 4.42 Å². The Hall–Kier alpha value is -5.92. The summed E-state index contributed by atoms with van der Waals surface area (Å²) in [5, 5.41) is 3.92. The van der Waals surface area contributed by atoms with Crippen molar-refractivity contribution in [3.05, 3.63) is 170 Å². The second kappa shape index (κ2) is 10.4. The number of hydrogen-bond acceptors (Lipinski definition) is 1. The van der Waals surface area contributed by atoms with Crippen molar-refractivity contribution in [1.82, 2.24) is 0 Å². The zero-order valence-corrected chi connectivity index (χ0v) is 23.6. The van der Waals surface area contributed by atoms with E-state index in [0.717, 1.165) is 5.39 Å². The summed E-state index contributed by atoms with van der Waals surface area (Å²) in [4.78, 5) is 0. The molecule has 210 valence electrons. The van der Waals surface area contributed by atoms with E-state index in [-0.39, 0.29) is 46.4 Å². The van der Waals surface area contributed by atoms with Crippen LogP contribution in [0.1, 0.15) is 17.8 Å². The second-order valence-corrected chi connectivity index (χ2v) is 10.7. The van der Waals surface area contributed by atoms with E-state index in [2.05, 4.69) is 0 Å². The molecule has 1 heteroatoms. The second-order valence-electron chi connectivity index (χ2n) is 10.7. The van der Waals surface area contributed by atoms with E-state index in [1.165, 1.54) is 6.07 Å². The van der Waals surface area contributed by atoms with Crippen LogP contribution >= 0.6 is 0 Å². The van der Waals surface area contributed by atoms with E-state index in [4.69, 9.17) is 20.9 Å². The molecule has 1 heterocycles. The Bertz CT molecular complexity index is 3160. The highest BCUT2D eigenvalue weighted by Gasteiger charge is 2.21. The van der Waals surface area contributed by atoms with Gasteiger partial charge in [-0.3, -0.25) is 0 Å². The Morgan fingerprint density at radius 2 is 0.911 bits per heavy atom. The highest BCUT2D eigenvalue weighted by atomic mass is 16.3. The van der Waals surface area contributed by atoms with Crippen LogP contribution in [0.25, 0.3) is 88.0 Å². The van der Waals surface area contributed by atoms with E-state index < -0.39 is 54.4 Å². The predicted molar refractivity (Wildman–Crippen MR) is 190 cm³/mol. The fourth-order valence-electron chi connectivity index (χ4n) is 6.38. The van der Waals surface area contributed by atoms with Crippen LogP contribution in [-0.4, -0.2) is 0 Å². The molecule has 0 saturated carbocycles. The summed E-state index contributed by atoms with van der Waals surface area (Å²) >= 11 is 0. The van der Waals surface area contributed by atoms with Gasteiger partial charge in [-0.15, -0.1) is 0 Å². The van der Waals surface area contributed by atoms with Crippen molar-refractivity contribution in [3.8, 4) is 44.5 Å². The monoisotopic (exact) mass is 585 g/mol. The molecule has 0 atom stereocenters. The molecule has 8 aromatic carbocycles. The number of fused-ring (bicyclic) bond motifs is 5. The molecule has 0 radical (unpaired) electrons. The molecule has 0 aliphatic heterocycles. The van der Waals surface area contributed by atoms with Crippen molar-refractivity contribution < 1.29 is 22.2 Å². The van der Waals surface area contributed by atoms with Crippen molar-refractivity contribution in [2.24, 2.45) is 0 Å². The summed E-state index contributed by atoms with van der Waals surface area (Å²) in [6.07, 6.45) is 0. The van der Waals surface area contributed by atoms with Gasteiger partial charge in [0.15, 0.2) is 0 Å². The lowest BCUT2D eigenvalue weighted by Crippen LogP contribution is -1.93. The minimum Gasteiger partial charge on any atom is -0.455 e. The fraction of sp³-hybridized carbons (Fsp3) is 0. The van der Waals surface area contributed by atoms with Crippen LogP contribution in [0.3, 0.4) is 0 Å². The average Bonchev–Trinajstić information content (AvgIpc) is 3.61. The van der Waals surface area contributed by atoms with Gasteiger partial charge in [-0.25, -0.2) is 0 Å². The maximum absolute atomic E-state index is 9.33. The average molecular weight is 586 g/mol. The highest BCUT2D eigenvalue weighted by molar-refractivity contribution is 6.23. The summed E-state index contributed by atoms with van der Waals surface area (Å²) < 4.78 is 119. The van der Waals surface area contributed by atoms with Gasteiger partial charge in [-0.1, -0.05) is 151 Å². The molecule has 0 unspecified atom stereocenters. The number of hydrogen-bond donors (Lipinski definition) is 0. The van der Waals surface area contributed by atoms with E-state index in [1.807, 2.05) is 72.8 Å². The lowest BCUT2D eigenvalue weighted by molar-refractivity contribution is 0.670. The number of furan rings is 1. The zero-order chi connectivity index (χ0) is 41.1. The normalized spacial score (nSPS) is 15.6. The van der Waals surface area contributed by atoms with Crippen LogP contribution in [0.15, 0.2) is 174 Å². The molecule has 0 N–H and O–H groups in total. The first-order chi connectivity index (χ1) is 27.7. The molecule has 0 aliphatic carbocycles. The maximum atomic E-state index is 9.33. The summed E-state index contributed by atoms with van der Waals surface area (Å²) in [5.74, 6) is 0. The van der Waals surface area contributed by atoms with Crippen LogP contribution in [0.4, 0.5) is 0 Å². The van der Waals surface area contributed by atoms with Gasteiger partial charge in [0.2, 0.25) is 0 Å². The fourth-order valence-corrected chi connectivity index (χ4v) is 6.38. The third-order valence-corrected chi connectivity index (χ3v) is 8.23. The van der Waals surface area contributed by atoms with Crippen molar-refractivity contribution >= 4 is 43.5 Å². The maximum Gasteiger partial charge on any atom is 0.143 e. The standard InChI is InChI=1S/C44H28O/c1-3-15-29(16-4-1)32-19-7-8-21-34(32)43-37-24-11-9-22-35(37)42(36-23-10-12-25-38(36)43)31-27-39(30-17-5-2-6-18-30)44-40(28-31)33-20-13-14-26-41(33)45-44/h1-28H/i1D,2D,3D,4D,5D,6D,7D,8D,15D,16D,17D,18D,21D. The molecule has 0 bridgehead atoms. The largest absolute Gasteiger partial charge is 0.455 e. The van der Waals surface area contributed by atoms with Crippen LogP contribution < -0.4 is 0 Å². The molecule has 1 aromatic heterocycles. The van der Waals surface area contributed by atoms with E-state index >= 15 is 0 Å². The Balaban J connectivity index is 1.46. The Kier molecular flexibility index (Phi) is 3.62. The third kappa shape index (κ3) is 4.09. The molecule has 0 spiro atoms. The van der Waals surface area contributed by atoms with Gasteiger partial charge in [0.05, 0.1) is 17.8 Å². The molecule has 0 amide bonds. The zero-order valence-electron chi connectivity index (χ0n) is 36.6. The Labute approximate surface area is 279 Å². The SMILES string of the molecule is [2H]c1cc(-c2c([2H])c([2H])c([2H])c([2H])c2[2H])c(-c2c3ccccc3c(-c3cc(-c4c([2H])c([2H])c([2H])c([2H])c4[2H])c4oc5ccccc5c4c3)c3ccccc23)c([2H])c1[2H]. The first-order valence-electron chi connectivity index (χ1n) is 20.9. The summed E-state index contributed by atoms with van der Waals surface area (Å²) in [5.41, 5.74) is 2.90. The van der Waals surface area contributed by atoms with Crippen LogP contribution in [0.2, 0.25) is 0 Å². The van der Waals surface area contributed by atoms with Gasteiger partial charge in [-0.05, 0) is 78.7 Å². The van der Waals surface area contributed by atoms with Gasteiger partial charge in [0.1, 0.15) is 11.2 Å². The molecule has 1 nitrogen and oxygen atoms in total. The van der Waals surface area contributed by atoms with Crippen molar-refractivity contribution in [2.75, 3.05) is 0 Å². The smallest absolute Gasteiger partial charge is 0.143 e. The van der Waals surface area contributed by atoms with E-state index in [1.54, 1.807) is 12.1 Å². The Morgan fingerprint density at radius 1 is 0.378 bits per heavy atom. The first-order valence-corrected chi connectivity index (χ1v) is 14.4. The topological polar surface area (TPSA) is 13.1 Å². The van der Waals surface area contributed by atoms with Gasteiger partial charge in [0, 0.05) is 16.3 Å². The van der Waals surface area contributed by atoms with Crippen LogP contribution in [-0.2, 0) is 0 Å². The third-order valence-electron chi connectivity index (χ3n) is 8.23. The molecule has 0 fully saturated rings. The molecule has 9 rings (SSSR count). The molecule has 45 heavy (non-hydrogen) atoms. The first kappa shape index (κ1) is 15.7. The van der Waals surface area contributed by atoms with E-state index in [9.17, 15) is 1.37 Å². The number of benzene rings is 8. The minimum atomic E-state index is -0.583. The van der Waals surface area contributed by atoms with E-state index in [0.29, 0.717) is 60.4 Å². The van der Waals surface area contributed by atoms with Crippen LogP contribution in [0, 0.1) is 0 Å². The quantitative estimate of drug-likeness (QED) is 0.187. The molecule has 9 aromatic rings. The molecular weight excluding hydrogens is 544 g/mol. The molecule has 0 aliphatic rings. The highest BCUT2D eigenvalue weighted by Crippen LogP contribution is 2.48. The molecular formula is C44H28O. The lowest BCUT2D eigenvalue weighted by Gasteiger charge is -2.20. The van der Waals surface area contributed by atoms with Gasteiger partial charge in [0.25, 0.3) is 0 Å². The molecule has 0 saturated heterocycles.